The van der Waals surface area contributed by atoms with Crippen LogP contribution in [0.5, 0.6) is 0 Å². The maximum atomic E-state index is 3.37. The molecule has 0 amide bonds. The molecule has 0 saturated heterocycles. The zero-order valence-electron chi connectivity index (χ0n) is 8.77. The Labute approximate surface area is 100 Å². The van der Waals surface area contributed by atoms with E-state index in [0.29, 0.717) is 0 Å². The monoisotopic (exact) mass is 242 g/mol. The van der Waals surface area contributed by atoms with E-state index < -0.39 is 0 Å². The lowest BCUT2D eigenvalue weighted by molar-refractivity contribution is 1.60. The van der Waals surface area contributed by atoms with Crippen LogP contribution >= 0.6 is 17.7 Å². The molecular weight excluding hydrogens is 230 g/mol. The van der Waals surface area contributed by atoms with Crippen LogP contribution in [0, 0.1) is 0 Å². The minimum Gasteiger partial charge on any atom is -0.122 e. The molecule has 16 heavy (non-hydrogen) atoms. The van der Waals surface area contributed by atoms with Gasteiger partial charge in [-0.05, 0) is 33.8 Å². The molecular formula is C14H12P2. The van der Waals surface area contributed by atoms with Crippen molar-refractivity contribution in [3.63, 3.8) is 0 Å². The van der Waals surface area contributed by atoms with E-state index >= 15 is 0 Å². The fraction of sp³-hybridized carbons (Fsp3) is 0. The lowest BCUT2D eigenvalue weighted by Crippen LogP contribution is -1.82. The Hall–Kier alpha value is -1.22. The van der Waals surface area contributed by atoms with Gasteiger partial charge in [-0.15, -0.1) is 17.7 Å². The number of benzene rings is 2. The first-order valence-corrected chi connectivity index (χ1v) is 6.20. The summed E-state index contributed by atoms with van der Waals surface area (Å²) in [5.74, 6) is 3.82. The van der Waals surface area contributed by atoms with Gasteiger partial charge in [0.15, 0.2) is 0 Å². The van der Waals surface area contributed by atoms with E-state index in [1.54, 1.807) is 0 Å². The molecule has 0 aliphatic rings. The Bertz CT molecular complexity index is 446. The summed E-state index contributed by atoms with van der Waals surface area (Å²) in [6.45, 7) is 0. The third kappa shape index (κ3) is 2.47. The quantitative estimate of drug-likeness (QED) is 0.715. The zero-order valence-corrected chi connectivity index (χ0v) is 10.8. The van der Waals surface area contributed by atoms with Crippen LogP contribution in [0.1, 0.15) is 11.1 Å². The Balaban J connectivity index is 2.34. The maximum Gasteiger partial charge on any atom is -0.0184 e. The predicted molar refractivity (Wildman–Crippen MR) is 78.8 cm³/mol. The third-order valence-electron chi connectivity index (χ3n) is 2.49. The molecule has 2 heteroatoms. The van der Waals surface area contributed by atoms with E-state index in [9.17, 15) is 0 Å². The van der Waals surface area contributed by atoms with Crippen LogP contribution in [0.3, 0.4) is 0 Å². The molecule has 0 aliphatic carbocycles. The van der Waals surface area contributed by atoms with Gasteiger partial charge in [0.2, 0.25) is 0 Å². The fourth-order valence-electron chi connectivity index (χ4n) is 1.54. The second kappa shape index (κ2) is 5.21. The van der Waals surface area contributed by atoms with Crippen molar-refractivity contribution in [1.29, 1.82) is 0 Å². The highest BCUT2D eigenvalue weighted by Gasteiger charge is 1.96. The molecule has 78 valence electrons. The van der Waals surface area contributed by atoms with Crippen molar-refractivity contribution in [2.45, 2.75) is 0 Å². The Kier molecular flexibility index (Phi) is 3.67. The van der Waals surface area contributed by atoms with Gasteiger partial charge in [0.25, 0.3) is 0 Å². The highest BCUT2D eigenvalue weighted by atomic mass is 31.0. The van der Waals surface area contributed by atoms with Gasteiger partial charge in [-0.2, -0.15) is 0 Å². The first kappa shape index (κ1) is 11.3. The Morgan fingerprint density at radius 1 is 0.562 bits per heavy atom. The lowest BCUT2D eigenvalue weighted by Gasteiger charge is -2.02. The average molecular weight is 242 g/mol. The molecule has 2 aromatic rings. The molecule has 0 radical (unpaired) electrons. The maximum absolute atomic E-state index is 3.37. The van der Waals surface area contributed by atoms with Crippen molar-refractivity contribution >= 4 is 29.3 Å². The number of hydrogen-bond donors (Lipinski definition) is 0. The molecule has 0 spiro atoms. The topological polar surface area (TPSA) is 0 Å². The van der Waals surface area contributed by atoms with E-state index in [0.717, 1.165) is 0 Å². The van der Waals surface area contributed by atoms with Gasteiger partial charge in [-0.3, -0.25) is 0 Å². The van der Waals surface area contributed by atoms with E-state index in [1.165, 1.54) is 22.3 Å². The Morgan fingerprint density at radius 3 is 1.12 bits per heavy atom. The highest BCUT2D eigenvalue weighted by molar-refractivity contribution is 7.19. The van der Waals surface area contributed by atoms with Gasteiger partial charge in [0, 0.05) is 0 Å². The molecule has 2 rings (SSSR count). The summed E-state index contributed by atoms with van der Waals surface area (Å²) >= 11 is 0. The predicted octanol–water partition coefficient (Wildman–Crippen LogP) is 3.94. The van der Waals surface area contributed by atoms with E-state index in [1.807, 2.05) is 11.6 Å². The molecule has 0 atom stereocenters. The van der Waals surface area contributed by atoms with Crippen LogP contribution in [0.15, 0.2) is 48.5 Å². The van der Waals surface area contributed by atoms with Crippen LogP contribution in [0.2, 0.25) is 0 Å². The summed E-state index contributed by atoms with van der Waals surface area (Å²) in [5.41, 5.74) is 4.81. The van der Waals surface area contributed by atoms with Crippen molar-refractivity contribution in [3.05, 3.63) is 59.7 Å². The first-order valence-electron chi connectivity index (χ1n) is 5.05. The van der Waals surface area contributed by atoms with E-state index in [-0.39, 0.29) is 0 Å². The number of hydrogen-bond acceptors (Lipinski definition) is 0. The minimum atomic E-state index is 1.17. The smallest absolute Gasteiger partial charge is 0.0184 e. The zero-order chi connectivity index (χ0) is 11.4. The molecule has 0 heterocycles. The van der Waals surface area contributed by atoms with Gasteiger partial charge in [0.05, 0.1) is 0 Å². The normalized spacial score (nSPS) is 9.75. The summed E-state index contributed by atoms with van der Waals surface area (Å²) in [7, 11) is 6.74. The molecule has 0 aliphatic heterocycles. The van der Waals surface area contributed by atoms with Crippen molar-refractivity contribution in [2.75, 3.05) is 0 Å². The molecule has 0 unspecified atom stereocenters. The van der Waals surface area contributed by atoms with Crippen LogP contribution in [-0.2, 0) is 0 Å². The molecule has 0 N–H and O–H groups in total. The van der Waals surface area contributed by atoms with E-state index in [4.69, 9.17) is 0 Å². The molecule has 2 aromatic carbocycles. The van der Waals surface area contributed by atoms with Crippen LogP contribution < -0.4 is 0 Å². The Morgan fingerprint density at radius 2 is 0.875 bits per heavy atom. The molecule has 0 saturated carbocycles. The molecule has 0 aromatic heterocycles. The second-order valence-electron chi connectivity index (χ2n) is 3.53. The standard InChI is InChI=1S/C14H12P2/c15-9-11-1-5-13(6-2-11)14-7-3-12(10-16)4-8-14/h1-10,15-16H. The molecule has 0 bridgehead atoms. The third-order valence-corrected chi connectivity index (χ3v) is 3.15. The van der Waals surface area contributed by atoms with Crippen molar-refractivity contribution in [3.8, 4) is 11.1 Å². The number of rotatable bonds is 3. The first-order chi connectivity index (χ1) is 7.83. The van der Waals surface area contributed by atoms with Gasteiger partial charge in [-0.25, -0.2) is 0 Å². The van der Waals surface area contributed by atoms with Gasteiger partial charge < -0.3 is 0 Å². The average Bonchev–Trinajstić information content (AvgIpc) is 2.39. The fourth-order valence-corrected chi connectivity index (χ4v) is 1.93. The minimum absolute atomic E-state index is 1.17. The van der Waals surface area contributed by atoms with Crippen LogP contribution in [0.4, 0.5) is 0 Å². The lowest BCUT2D eigenvalue weighted by atomic mass is 10.0. The second-order valence-corrected chi connectivity index (χ2v) is 4.11. The summed E-state index contributed by atoms with van der Waals surface area (Å²) in [6, 6.07) is 16.9. The summed E-state index contributed by atoms with van der Waals surface area (Å²) < 4.78 is 0. The molecule has 0 fully saturated rings. The summed E-state index contributed by atoms with van der Waals surface area (Å²) in [4.78, 5) is 0. The van der Waals surface area contributed by atoms with Crippen molar-refractivity contribution in [2.24, 2.45) is 0 Å². The summed E-state index contributed by atoms with van der Waals surface area (Å²) in [5, 5.41) is 0. The van der Waals surface area contributed by atoms with Gasteiger partial charge in [0.1, 0.15) is 0 Å². The SMILES string of the molecule is P=Cc1ccc(-c2ccc(C=P)cc2)cc1. The van der Waals surface area contributed by atoms with E-state index in [2.05, 4.69) is 66.3 Å². The molecule has 0 nitrogen and oxygen atoms in total. The largest absolute Gasteiger partial charge is 0.122 e. The van der Waals surface area contributed by atoms with Crippen molar-refractivity contribution in [1.82, 2.24) is 0 Å². The van der Waals surface area contributed by atoms with Crippen LogP contribution in [-0.4, -0.2) is 11.6 Å². The highest BCUT2D eigenvalue weighted by Crippen LogP contribution is 2.19. The summed E-state index contributed by atoms with van der Waals surface area (Å²) in [6.07, 6.45) is 0. The van der Waals surface area contributed by atoms with Gasteiger partial charge in [-0.1, -0.05) is 48.5 Å². The van der Waals surface area contributed by atoms with Crippen molar-refractivity contribution < 1.29 is 0 Å². The van der Waals surface area contributed by atoms with Crippen LogP contribution in [0.25, 0.3) is 11.1 Å². The van der Waals surface area contributed by atoms with Gasteiger partial charge >= 0.3 is 0 Å².